The second-order valence-electron chi connectivity index (χ2n) is 5.35. The zero-order chi connectivity index (χ0) is 19.6. The molecule has 28 heavy (non-hydrogen) atoms. The van der Waals surface area contributed by atoms with Crippen molar-refractivity contribution >= 4 is 41.5 Å². The number of halogens is 4. The van der Waals surface area contributed by atoms with Crippen molar-refractivity contribution in [2.75, 3.05) is 13.7 Å². The van der Waals surface area contributed by atoms with Crippen molar-refractivity contribution in [2.45, 2.75) is 26.6 Å². The second-order valence-corrected chi connectivity index (χ2v) is 5.78. The minimum Gasteiger partial charge on any atom is -0.478 e. The molecule has 6 nitrogen and oxygen atoms in total. The van der Waals surface area contributed by atoms with Crippen LogP contribution in [0.1, 0.15) is 18.1 Å². The molecule has 1 heterocycles. The molecule has 154 valence electrons. The van der Waals surface area contributed by atoms with E-state index in [0.717, 1.165) is 5.56 Å². The smallest absolute Gasteiger partial charge is 0.387 e. The van der Waals surface area contributed by atoms with E-state index in [1.165, 1.54) is 12.1 Å². The molecule has 0 radical (unpaired) electrons. The van der Waals surface area contributed by atoms with Crippen LogP contribution >= 0.6 is 35.6 Å². The van der Waals surface area contributed by atoms with E-state index in [1.807, 2.05) is 19.1 Å². The van der Waals surface area contributed by atoms with E-state index in [4.69, 9.17) is 16.3 Å². The molecular formula is C18H22ClF2IN4O2. The maximum atomic E-state index is 12.5. The number of ether oxygens (including phenoxy) is 2. The Morgan fingerprint density at radius 2 is 1.96 bits per heavy atom. The molecule has 0 aliphatic rings. The summed E-state index contributed by atoms with van der Waals surface area (Å²) in [6.45, 7) is 0.213. The van der Waals surface area contributed by atoms with Gasteiger partial charge in [0.1, 0.15) is 5.75 Å². The lowest BCUT2D eigenvalue weighted by Crippen LogP contribution is -2.36. The van der Waals surface area contributed by atoms with Crippen molar-refractivity contribution in [1.29, 1.82) is 0 Å². The van der Waals surface area contributed by atoms with E-state index in [0.29, 0.717) is 35.6 Å². The van der Waals surface area contributed by atoms with Crippen LogP contribution < -0.4 is 20.1 Å². The first-order valence-corrected chi connectivity index (χ1v) is 8.65. The molecule has 1 aromatic carbocycles. The summed E-state index contributed by atoms with van der Waals surface area (Å²) in [6.07, 6.45) is 1.66. The number of nitrogens with zero attached hydrogens (tertiary/aromatic N) is 2. The van der Waals surface area contributed by atoms with Crippen molar-refractivity contribution < 1.29 is 18.3 Å². The molecule has 0 unspecified atom stereocenters. The molecule has 1 aromatic heterocycles. The molecule has 2 N–H and O–H groups in total. The van der Waals surface area contributed by atoms with Gasteiger partial charge in [-0.2, -0.15) is 8.78 Å². The molecule has 0 atom stereocenters. The van der Waals surface area contributed by atoms with Gasteiger partial charge < -0.3 is 20.1 Å². The van der Waals surface area contributed by atoms with Gasteiger partial charge in [-0.05, 0) is 36.8 Å². The Morgan fingerprint density at radius 1 is 1.21 bits per heavy atom. The van der Waals surface area contributed by atoms with Crippen molar-refractivity contribution in [2.24, 2.45) is 4.99 Å². The highest BCUT2D eigenvalue weighted by atomic mass is 127. The topological polar surface area (TPSA) is 67.8 Å². The van der Waals surface area contributed by atoms with Crippen molar-refractivity contribution in [1.82, 2.24) is 15.6 Å². The first-order valence-electron chi connectivity index (χ1n) is 8.27. The van der Waals surface area contributed by atoms with Crippen LogP contribution in [0.5, 0.6) is 11.6 Å². The van der Waals surface area contributed by atoms with Crippen molar-refractivity contribution in [3.63, 3.8) is 0 Å². The molecule has 0 bridgehead atoms. The summed E-state index contributed by atoms with van der Waals surface area (Å²) in [5.41, 5.74) is 1.45. The van der Waals surface area contributed by atoms with E-state index >= 15 is 0 Å². The molecule has 0 saturated heterocycles. The first kappa shape index (κ1) is 24.2. The number of guanidine groups is 1. The highest BCUT2D eigenvalue weighted by Gasteiger charge is 2.11. The van der Waals surface area contributed by atoms with Gasteiger partial charge in [0, 0.05) is 43.0 Å². The Labute approximate surface area is 184 Å². The third-order valence-corrected chi connectivity index (χ3v) is 3.70. The van der Waals surface area contributed by atoms with Gasteiger partial charge in [-0.25, -0.2) is 4.98 Å². The fourth-order valence-corrected chi connectivity index (χ4v) is 2.46. The average Bonchev–Trinajstić information content (AvgIpc) is 2.64. The van der Waals surface area contributed by atoms with Gasteiger partial charge >= 0.3 is 6.61 Å². The van der Waals surface area contributed by atoms with Gasteiger partial charge in [0.2, 0.25) is 5.88 Å². The SMILES string of the molecule is CCOc1cc(CNC(=NC)NCc2cc(Cl)ccc2OC(F)F)ccn1.I. The van der Waals surface area contributed by atoms with Crippen LogP contribution in [0.2, 0.25) is 5.02 Å². The first-order chi connectivity index (χ1) is 13.0. The van der Waals surface area contributed by atoms with E-state index in [-0.39, 0.29) is 36.3 Å². The Bertz CT molecular complexity index is 781. The molecule has 0 spiro atoms. The van der Waals surface area contributed by atoms with Crippen molar-refractivity contribution in [3.05, 3.63) is 52.7 Å². The van der Waals surface area contributed by atoms with Crippen LogP contribution in [0.15, 0.2) is 41.5 Å². The van der Waals surface area contributed by atoms with Crippen LogP contribution in [-0.4, -0.2) is 31.2 Å². The quantitative estimate of drug-likeness (QED) is 0.306. The van der Waals surface area contributed by atoms with Gasteiger partial charge in [0.05, 0.1) is 6.61 Å². The highest BCUT2D eigenvalue weighted by molar-refractivity contribution is 14.0. The maximum absolute atomic E-state index is 12.5. The fraction of sp³-hybridized carbons (Fsp3) is 0.333. The normalized spacial score (nSPS) is 11.0. The van der Waals surface area contributed by atoms with E-state index in [9.17, 15) is 8.78 Å². The summed E-state index contributed by atoms with van der Waals surface area (Å²) in [5.74, 6) is 1.10. The van der Waals surface area contributed by atoms with Crippen molar-refractivity contribution in [3.8, 4) is 11.6 Å². The Kier molecular flexibility index (Phi) is 10.8. The lowest BCUT2D eigenvalue weighted by atomic mass is 10.2. The van der Waals surface area contributed by atoms with Gasteiger partial charge in [-0.3, -0.25) is 4.99 Å². The zero-order valence-electron chi connectivity index (χ0n) is 15.4. The number of pyridine rings is 1. The van der Waals surface area contributed by atoms with Crippen LogP contribution in [-0.2, 0) is 13.1 Å². The highest BCUT2D eigenvalue weighted by Crippen LogP contribution is 2.24. The fourth-order valence-electron chi connectivity index (χ4n) is 2.27. The molecular weight excluding hydrogens is 505 g/mol. The largest absolute Gasteiger partial charge is 0.478 e. The zero-order valence-corrected chi connectivity index (χ0v) is 18.5. The molecule has 10 heteroatoms. The molecule has 2 rings (SSSR count). The Balaban J connectivity index is 0.00000392. The molecule has 0 amide bonds. The minimum absolute atomic E-state index is 0. The summed E-state index contributed by atoms with van der Waals surface area (Å²) in [4.78, 5) is 8.23. The van der Waals surface area contributed by atoms with E-state index in [1.54, 1.807) is 19.3 Å². The van der Waals surface area contributed by atoms with Crippen LogP contribution in [0.4, 0.5) is 8.78 Å². The summed E-state index contributed by atoms with van der Waals surface area (Å²) < 4.78 is 35.0. The van der Waals surface area contributed by atoms with E-state index < -0.39 is 6.61 Å². The third kappa shape index (κ3) is 8.01. The summed E-state index contributed by atoms with van der Waals surface area (Å²) in [7, 11) is 1.61. The third-order valence-electron chi connectivity index (χ3n) is 3.46. The number of nitrogens with one attached hydrogen (secondary N) is 2. The van der Waals surface area contributed by atoms with Gasteiger partial charge in [0.15, 0.2) is 5.96 Å². The number of alkyl halides is 2. The number of hydrogen-bond acceptors (Lipinski definition) is 4. The molecule has 2 aromatic rings. The lowest BCUT2D eigenvalue weighted by molar-refractivity contribution is -0.0504. The average molecular weight is 527 g/mol. The summed E-state index contributed by atoms with van der Waals surface area (Å²) >= 11 is 5.95. The number of aliphatic imine (C=N–C) groups is 1. The van der Waals surface area contributed by atoms with Gasteiger partial charge in [-0.15, -0.1) is 24.0 Å². The second kappa shape index (κ2) is 12.6. The number of benzene rings is 1. The Morgan fingerprint density at radius 3 is 2.64 bits per heavy atom. The van der Waals surface area contributed by atoms with Crippen LogP contribution in [0.25, 0.3) is 0 Å². The molecule has 0 fully saturated rings. The molecule has 0 saturated carbocycles. The number of hydrogen-bond donors (Lipinski definition) is 2. The lowest BCUT2D eigenvalue weighted by Gasteiger charge is -2.15. The standard InChI is InChI=1S/C18H21ClF2N4O2.HI/c1-3-26-16-8-12(6-7-23-16)10-24-18(22-2)25-11-13-9-14(19)4-5-15(13)27-17(20)21;/h4-9,17H,3,10-11H2,1-2H3,(H2,22,24,25);1H. The Hall–Kier alpha value is -1.88. The van der Waals surface area contributed by atoms with E-state index in [2.05, 4.69) is 25.3 Å². The number of rotatable bonds is 8. The number of aromatic nitrogens is 1. The predicted octanol–water partition coefficient (Wildman–Crippen LogP) is 4.22. The van der Waals surface area contributed by atoms with Crippen LogP contribution in [0.3, 0.4) is 0 Å². The molecule has 0 aliphatic heterocycles. The summed E-state index contributed by atoms with van der Waals surface area (Å²) in [5, 5.41) is 6.61. The molecule has 0 aliphatic carbocycles. The van der Waals surface area contributed by atoms with Gasteiger partial charge in [0.25, 0.3) is 0 Å². The maximum Gasteiger partial charge on any atom is 0.387 e. The summed E-state index contributed by atoms with van der Waals surface area (Å²) in [6, 6.07) is 8.16. The monoisotopic (exact) mass is 526 g/mol. The minimum atomic E-state index is -2.91. The van der Waals surface area contributed by atoms with Crippen LogP contribution in [0, 0.1) is 0 Å². The van der Waals surface area contributed by atoms with Gasteiger partial charge in [-0.1, -0.05) is 11.6 Å². The predicted molar refractivity (Wildman–Crippen MR) is 116 cm³/mol.